The molecule has 7 heteroatoms. The van der Waals surface area contributed by atoms with E-state index in [9.17, 15) is 24.9 Å². The zero-order chi connectivity index (χ0) is 14.8. The quantitative estimate of drug-likeness (QED) is 0.322. The number of carbonyl (C=O) groups excluding carboxylic acids is 2. The molecule has 4 atom stereocenters. The molecule has 0 spiro atoms. The molecule has 2 rings (SSSR count). The fourth-order valence-corrected chi connectivity index (χ4v) is 2.49. The summed E-state index contributed by atoms with van der Waals surface area (Å²) in [5, 5.41) is 32.5. The molecule has 2 aliphatic rings. The predicted molar refractivity (Wildman–Crippen MR) is 67.5 cm³/mol. The Labute approximate surface area is 116 Å². The van der Waals surface area contributed by atoms with E-state index in [4.69, 9.17) is 4.74 Å². The normalized spacial score (nSPS) is 40.9. The van der Waals surface area contributed by atoms with E-state index >= 15 is 0 Å². The maximum atomic E-state index is 12.0. The zero-order valence-corrected chi connectivity index (χ0v) is 11.0. The summed E-state index contributed by atoms with van der Waals surface area (Å²) in [4.78, 5) is 23.6. The van der Waals surface area contributed by atoms with Crippen LogP contribution in [0.5, 0.6) is 0 Å². The van der Waals surface area contributed by atoms with Crippen LogP contribution in [0, 0.1) is 0 Å². The summed E-state index contributed by atoms with van der Waals surface area (Å²) in [7, 11) is 0. The lowest BCUT2D eigenvalue weighted by molar-refractivity contribution is -0.189. The maximum Gasteiger partial charge on any atom is 0.306 e. The monoisotopic (exact) mass is 285 g/mol. The Hall–Kier alpha value is -1.44. The maximum absolute atomic E-state index is 12.0. The van der Waals surface area contributed by atoms with Crippen molar-refractivity contribution in [1.82, 2.24) is 5.32 Å². The molecule has 2 bridgehead atoms. The van der Waals surface area contributed by atoms with Crippen LogP contribution in [-0.2, 0) is 14.3 Å². The number of aliphatic hydroxyl groups is 3. The second-order valence-corrected chi connectivity index (χ2v) is 5.25. The second-order valence-electron chi connectivity index (χ2n) is 5.25. The molecule has 1 aliphatic carbocycles. The van der Waals surface area contributed by atoms with Crippen molar-refractivity contribution < 1.29 is 29.6 Å². The fourth-order valence-electron chi connectivity index (χ4n) is 2.49. The minimum absolute atomic E-state index is 0.141. The van der Waals surface area contributed by atoms with E-state index in [1.165, 1.54) is 0 Å². The Kier molecular flexibility index (Phi) is 4.42. The Morgan fingerprint density at radius 2 is 2.00 bits per heavy atom. The molecule has 20 heavy (non-hydrogen) atoms. The summed E-state index contributed by atoms with van der Waals surface area (Å²) >= 11 is 0. The molecule has 112 valence electrons. The van der Waals surface area contributed by atoms with E-state index in [2.05, 4.69) is 5.32 Å². The van der Waals surface area contributed by atoms with Crippen molar-refractivity contribution in [2.75, 3.05) is 6.54 Å². The average molecular weight is 285 g/mol. The van der Waals surface area contributed by atoms with E-state index in [0.29, 0.717) is 6.42 Å². The van der Waals surface area contributed by atoms with Gasteiger partial charge in [0.2, 0.25) is 0 Å². The molecule has 0 radical (unpaired) electrons. The molecule has 0 saturated heterocycles. The van der Waals surface area contributed by atoms with Crippen molar-refractivity contribution in [3.05, 3.63) is 12.2 Å². The molecule has 4 N–H and O–H groups in total. The van der Waals surface area contributed by atoms with Crippen molar-refractivity contribution >= 4 is 11.9 Å². The number of hydrogen-bond acceptors (Lipinski definition) is 6. The van der Waals surface area contributed by atoms with Gasteiger partial charge in [-0.25, -0.2) is 0 Å². The summed E-state index contributed by atoms with van der Waals surface area (Å²) in [6, 6.07) is 0. The molecular formula is C13H19NO6. The molecule has 0 aromatic carbocycles. The lowest BCUT2D eigenvalue weighted by Gasteiger charge is -2.40. The van der Waals surface area contributed by atoms with Crippen LogP contribution < -0.4 is 5.32 Å². The topological polar surface area (TPSA) is 116 Å². The van der Waals surface area contributed by atoms with Gasteiger partial charge in [-0.05, 0) is 6.42 Å². The molecule has 1 heterocycles. The van der Waals surface area contributed by atoms with Crippen LogP contribution in [0.4, 0.5) is 0 Å². The van der Waals surface area contributed by atoms with Crippen LogP contribution in [0.25, 0.3) is 0 Å². The minimum Gasteiger partial charge on any atom is -0.459 e. The van der Waals surface area contributed by atoms with Crippen molar-refractivity contribution in [1.29, 1.82) is 0 Å². The third-order valence-corrected chi connectivity index (χ3v) is 3.63. The van der Waals surface area contributed by atoms with Crippen molar-refractivity contribution in [3.63, 3.8) is 0 Å². The summed E-state index contributed by atoms with van der Waals surface area (Å²) < 4.78 is 5.07. The van der Waals surface area contributed by atoms with E-state index in [-0.39, 0.29) is 25.8 Å². The van der Waals surface area contributed by atoms with Crippen LogP contribution in [0.3, 0.4) is 0 Å². The van der Waals surface area contributed by atoms with Crippen molar-refractivity contribution in [2.45, 2.75) is 49.6 Å². The number of allylic oxidation sites excluding steroid dienone is 1. The summed E-state index contributed by atoms with van der Waals surface area (Å²) in [6.45, 7) is 0.236. The molecule has 7 nitrogen and oxygen atoms in total. The first kappa shape index (κ1) is 15.0. The van der Waals surface area contributed by atoms with Crippen LogP contribution in [0.1, 0.15) is 25.7 Å². The lowest BCUT2D eigenvalue weighted by Crippen LogP contribution is -2.59. The van der Waals surface area contributed by atoms with Gasteiger partial charge in [0.15, 0.2) is 0 Å². The fraction of sp³-hybridized carbons (Fsp3) is 0.692. The molecule has 1 fully saturated rings. The number of aliphatic hydroxyl groups excluding tert-OH is 2. The van der Waals surface area contributed by atoms with Gasteiger partial charge in [-0.1, -0.05) is 12.2 Å². The number of nitrogens with one attached hydrogen (secondary N) is 1. The van der Waals surface area contributed by atoms with Crippen LogP contribution in [0.2, 0.25) is 0 Å². The van der Waals surface area contributed by atoms with Gasteiger partial charge in [-0.3, -0.25) is 9.59 Å². The molecule has 1 unspecified atom stereocenters. The highest BCUT2D eigenvalue weighted by molar-refractivity contribution is 5.85. The molecule has 0 aromatic rings. The minimum atomic E-state index is -1.85. The Morgan fingerprint density at radius 3 is 2.75 bits per heavy atom. The predicted octanol–water partition coefficient (Wildman–Crippen LogP) is -1.39. The number of esters is 1. The highest BCUT2D eigenvalue weighted by atomic mass is 16.6. The number of ether oxygens (including phenoxy) is 1. The van der Waals surface area contributed by atoms with Gasteiger partial charge in [0.05, 0.1) is 6.10 Å². The Morgan fingerprint density at radius 1 is 1.25 bits per heavy atom. The highest BCUT2D eigenvalue weighted by Crippen LogP contribution is 2.31. The van der Waals surface area contributed by atoms with E-state index < -0.39 is 35.8 Å². The van der Waals surface area contributed by atoms with Gasteiger partial charge in [0, 0.05) is 25.8 Å². The SMILES string of the molecule is O=C1CC/C=C/CNC(=O)[C@@]2(O)CC(O1)[C@H](O)[C@H](O)C2. The third-order valence-electron chi connectivity index (χ3n) is 3.63. The Bertz CT molecular complexity index is 423. The first-order chi connectivity index (χ1) is 9.42. The van der Waals surface area contributed by atoms with Crippen LogP contribution in [-0.4, -0.2) is 57.7 Å². The Balaban J connectivity index is 2.23. The smallest absolute Gasteiger partial charge is 0.306 e. The van der Waals surface area contributed by atoms with Gasteiger partial charge in [-0.15, -0.1) is 0 Å². The number of rotatable bonds is 0. The lowest BCUT2D eigenvalue weighted by atomic mass is 9.79. The van der Waals surface area contributed by atoms with Crippen molar-refractivity contribution in [2.24, 2.45) is 0 Å². The first-order valence-corrected chi connectivity index (χ1v) is 6.64. The van der Waals surface area contributed by atoms with Gasteiger partial charge >= 0.3 is 5.97 Å². The van der Waals surface area contributed by atoms with Gasteiger partial charge < -0.3 is 25.4 Å². The van der Waals surface area contributed by atoms with Crippen molar-refractivity contribution in [3.8, 4) is 0 Å². The first-order valence-electron chi connectivity index (χ1n) is 6.64. The van der Waals surface area contributed by atoms with Gasteiger partial charge in [0.1, 0.15) is 17.8 Å². The zero-order valence-electron chi connectivity index (χ0n) is 11.0. The molecule has 1 amide bonds. The summed E-state index contributed by atoms with van der Waals surface area (Å²) in [5.74, 6) is -1.18. The summed E-state index contributed by atoms with van der Waals surface area (Å²) in [6.07, 6.45) is -0.223. The molecule has 1 aliphatic heterocycles. The van der Waals surface area contributed by atoms with Gasteiger partial charge in [0.25, 0.3) is 5.91 Å². The number of hydrogen-bond donors (Lipinski definition) is 4. The summed E-state index contributed by atoms with van der Waals surface area (Å²) in [5.41, 5.74) is -1.85. The number of fused-ring (bicyclic) bond motifs is 2. The highest BCUT2D eigenvalue weighted by Gasteiger charge is 2.50. The molecular weight excluding hydrogens is 266 g/mol. The molecule has 1 saturated carbocycles. The van der Waals surface area contributed by atoms with Crippen LogP contribution in [0.15, 0.2) is 12.2 Å². The number of carbonyl (C=O) groups is 2. The van der Waals surface area contributed by atoms with Crippen LogP contribution >= 0.6 is 0 Å². The number of amides is 1. The van der Waals surface area contributed by atoms with E-state index in [0.717, 1.165) is 0 Å². The average Bonchev–Trinajstić information content (AvgIpc) is 2.38. The van der Waals surface area contributed by atoms with E-state index in [1.807, 2.05) is 0 Å². The van der Waals surface area contributed by atoms with Gasteiger partial charge in [-0.2, -0.15) is 0 Å². The second kappa shape index (κ2) is 5.90. The van der Waals surface area contributed by atoms with E-state index in [1.54, 1.807) is 12.2 Å². The molecule has 0 aromatic heterocycles. The third kappa shape index (κ3) is 3.17. The largest absolute Gasteiger partial charge is 0.459 e. The standard InChI is InChI=1S/C13H19NO6/c15-8-6-13(19)7-9(11(8)17)20-10(16)4-2-1-3-5-14-12(13)18/h1,3,8-9,11,15,17,19H,2,4-7H2,(H,14,18)/b3-1+/t8-,9?,11-,13+/m1/s1.